The molecule has 1 aliphatic carbocycles. The summed E-state index contributed by atoms with van der Waals surface area (Å²) in [5.74, 6) is 1.16. The number of pyridine rings is 1. The van der Waals surface area contributed by atoms with E-state index in [0.29, 0.717) is 23.9 Å². The summed E-state index contributed by atoms with van der Waals surface area (Å²) >= 11 is 0. The Bertz CT molecular complexity index is 1180. The van der Waals surface area contributed by atoms with Gasteiger partial charge in [0, 0.05) is 30.7 Å². The van der Waals surface area contributed by atoms with Crippen LogP contribution in [0.5, 0.6) is 0 Å². The van der Waals surface area contributed by atoms with Crippen molar-refractivity contribution in [2.75, 3.05) is 24.3 Å². The van der Waals surface area contributed by atoms with Gasteiger partial charge in [0.1, 0.15) is 17.7 Å². The third kappa shape index (κ3) is 3.94. The zero-order chi connectivity index (χ0) is 23.3. The van der Waals surface area contributed by atoms with Gasteiger partial charge in [0.2, 0.25) is 5.95 Å². The van der Waals surface area contributed by atoms with E-state index in [-0.39, 0.29) is 30.8 Å². The predicted octanol–water partition coefficient (Wildman–Crippen LogP) is 3.51. The Labute approximate surface area is 192 Å². The lowest BCUT2D eigenvalue weighted by Gasteiger charge is -2.24. The highest BCUT2D eigenvalue weighted by atomic mass is 16.8. The van der Waals surface area contributed by atoms with E-state index in [9.17, 15) is 5.11 Å². The number of rotatable bonds is 6. The topological polar surface area (TPSA) is 115 Å². The number of aryl methyl sites for hydroxylation is 2. The number of aliphatic hydroxyl groups is 1. The molecule has 9 nitrogen and oxygen atoms in total. The molecule has 3 aromatic heterocycles. The number of aromatic nitrogens is 3. The summed E-state index contributed by atoms with van der Waals surface area (Å²) in [4.78, 5) is 13.8. The third-order valence-electron chi connectivity index (χ3n) is 6.52. The van der Waals surface area contributed by atoms with Crippen molar-refractivity contribution in [3.05, 3.63) is 29.7 Å². The van der Waals surface area contributed by atoms with Gasteiger partial charge < -0.3 is 29.6 Å². The highest BCUT2D eigenvalue weighted by Gasteiger charge is 2.54. The van der Waals surface area contributed by atoms with Gasteiger partial charge in [-0.1, -0.05) is 6.92 Å². The molecule has 0 amide bonds. The molecule has 0 bridgehead atoms. The van der Waals surface area contributed by atoms with Crippen LogP contribution in [0.2, 0.25) is 0 Å². The third-order valence-corrected chi connectivity index (χ3v) is 6.52. The smallest absolute Gasteiger partial charge is 0.224 e. The fourth-order valence-corrected chi connectivity index (χ4v) is 4.97. The summed E-state index contributed by atoms with van der Waals surface area (Å²) in [6.45, 7) is 7.88. The van der Waals surface area contributed by atoms with Crippen LogP contribution >= 0.6 is 0 Å². The summed E-state index contributed by atoms with van der Waals surface area (Å²) in [6, 6.07) is 3.98. The van der Waals surface area contributed by atoms with Crippen LogP contribution in [-0.2, 0) is 15.9 Å². The molecular formula is C24H31N5O4. The first-order chi connectivity index (χ1) is 15.8. The van der Waals surface area contributed by atoms with Gasteiger partial charge in [-0.2, -0.15) is 4.98 Å². The number of anilines is 2. The lowest BCUT2D eigenvalue weighted by atomic mass is 10.1. The maximum Gasteiger partial charge on any atom is 0.224 e. The van der Waals surface area contributed by atoms with Crippen molar-refractivity contribution in [3.63, 3.8) is 0 Å². The Morgan fingerprint density at radius 3 is 2.70 bits per heavy atom. The number of nitrogens with zero attached hydrogens (tertiary/aromatic N) is 3. The van der Waals surface area contributed by atoms with Gasteiger partial charge in [-0.25, -0.2) is 4.98 Å². The second-order valence-corrected chi connectivity index (χ2v) is 9.28. The van der Waals surface area contributed by atoms with E-state index in [1.165, 1.54) is 0 Å². The fraction of sp³-hybridized carbons (Fsp3) is 0.542. The van der Waals surface area contributed by atoms with E-state index < -0.39 is 5.79 Å². The van der Waals surface area contributed by atoms with Crippen LogP contribution in [0.4, 0.5) is 11.8 Å². The maximum absolute atomic E-state index is 9.93. The number of nitrogens with one attached hydrogen (secondary N) is 2. The molecule has 176 valence electrons. The SMILES string of the molecule is CCc1cc2cc(-c3c(C)nc(NC)nc3N[C@@H]3C[C@H](CO)[C@H]4OC(C)(C)O[C@H]43)oc2cn1. The van der Waals surface area contributed by atoms with Gasteiger partial charge in [0.05, 0.1) is 29.6 Å². The molecule has 0 spiro atoms. The van der Waals surface area contributed by atoms with Crippen LogP contribution in [0.1, 0.15) is 38.6 Å². The summed E-state index contributed by atoms with van der Waals surface area (Å²) in [5, 5.41) is 17.5. The van der Waals surface area contributed by atoms with E-state index in [1.54, 1.807) is 13.2 Å². The first-order valence-electron chi connectivity index (χ1n) is 11.5. The normalized spacial score (nSPS) is 26.0. The van der Waals surface area contributed by atoms with Crippen molar-refractivity contribution in [2.24, 2.45) is 5.92 Å². The van der Waals surface area contributed by atoms with Crippen LogP contribution < -0.4 is 10.6 Å². The molecule has 0 radical (unpaired) electrons. The van der Waals surface area contributed by atoms with Gasteiger partial charge in [0.25, 0.3) is 0 Å². The summed E-state index contributed by atoms with van der Waals surface area (Å²) in [7, 11) is 1.79. The zero-order valence-corrected chi connectivity index (χ0v) is 19.7. The van der Waals surface area contributed by atoms with Gasteiger partial charge in [-0.15, -0.1) is 0 Å². The molecule has 5 rings (SSSR count). The molecule has 0 aromatic carbocycles. The number of aliphatic hydroxyl groups excluding tert-OH is 1. The summed E-state index contributed by atoms with van der Waals surface area (Å²) < 4.78 is 18.5. The van der Waals surface area contributed by atoms with Crippen LogP contribution in [0.3, 0.4) is 0 Å². The Hall–Kier alpha value is -2.75. The van der Waals surface area contributed by atoms with Crippen molar-refractivity contribution in [1.82, 2.24) is 15.0 Å². The lowest BCUT2D eigenvalue weighted by molar-refractivity contribution is -0.158. The molecule has 3 N–H and O–H groups in total. The van der Waals surface area contributed by atoms with Crippen LogP contribution in [0.25, 0.3) is 22.3 Å². The van der Waals surface area contributed by atoms with Crippen molar-refractivity contribution >= 4 is 22.7 Å². The average molecular weight is 454 g/mol. The maximum atomic E-state index is 9.93. The van der Waals surface area contributed by atoms with Crippen molar-refractivity contribution in [2.45, 2.75) is 64.6 Å². The van der Waals surface area contributed by atoms with E-state index in [0.717, 1.165) is 34.3 Å². The molecular weight excluding hydrogens is 422 g/mol. The summed E-state index contributed by atoms with van der Waals surface area (Å²) in [5.41, 5.74) is 3.32. The Morgan fingerprint density at radius 2 is 1.97 bits per heavy atom. The monoisotopic (exact) mass is 453 g/mol. The number of hydrogen-bond acceptors (Lipinski definition) is 9. The largest absolute Gasteiger partial charge is 0.454 e. The highest BCUT2D eigenvalue weighted by molar-refractivity contribution is 5.86. The summed E-state index contributed by atoms with van der Waals surface area (Å²) in [6.07, 6.45) is 2.98. The standard InChI is InChI=1S/C24H31N5O4/c1-6-15-7-13-9-17(31-18(13)10-26-15)19-12(2)27-23(25-5)29-22(19)28-16-8-14(11-30)20-21(16)33-24(3,4)32-20/h7,9-10,14,16,20-21,30H,6,8,11H2,1-5H3,(H2,25,27,28,29)/t14-,16-,20-,21+/m1/s1. The second kappa shape index (κ2) is 8.23. The van der Waals surface area contributed by atoms with Gasteiger partial charge in [0.15, 0.2) is 11.4 Å². The molecule has 2 fully saturated rings. The molecule has 2 aliphatic rings. The number of fused-ring (bicyclic) bond motifs is 2. The minimum absolute atomic E-state index is 0.00540. The molecule has 1 saturated heterocycles. The van der Waals surface area contributed by atoms with Crippen LogP contribution in [0, 0.1) is 12.8 Å². The molecule has 0 unspecified atom stereocenters. The minimum Gasteiger partial charge on any atom is -0.454 e. The molecule has 9 heteroatoms. The average Bonchev–Trinajstić information content (AvgIpc) is 3.43. The van der Waals surface area contributed by atoms with Crippen molar-refractivity contribution in [1.29, 1.82) is 0 Å². The zero-order valence-electron chi connectivity index (χ0n) is 19.7. The Kier molecular flexibility index (Phi) is 5.50. The van der Waals surface area contributed by atoms with E-state index in [4.69, 9.17) is 18.9 Å². The number of hydrogen-bond donors (Lipinski definition) is 3. The van der Waals surface area contributed by atoms with Crippen molar-refractivity contribution in [3.8, 4) is 11.3 Å². The molecule has 4 atom stereocenters. The number of furan rings is 1. The van der Waals surface area contributed by atoms with Crippen LogP contribution in [0.15, 0.2) is 22.7 Å². The lowest BCUT2D eigenvalue weighted by Crippen LogP contribution is -2.35. The fourth-order valence-electron chi connectivity index (χ4n) is 4.97. The van der Waals surface area contributed by atoms with Crippen LogP contribution in [-0.4, -0.2) is 57.7 Å². The molecule has 1 saturated carbocycles. The Morgan fingerprint density at radius 1 is 1.18 bits per heavy atom. The number of ether oxygens (including phenoxy) is 2. The quantitative estimate of drug-likeness (QED) is 0.516. The first kappa shape index (κ1) is 22.1. The molecule has 33 heavy (non-hydrogen) atoms. The predicted molar refractivity (Wildman–Crippen MR) is 125 cm³/mol. The molecule has 3 aromatic rings. The van der Waals surface area contributed by atoms with Gasteiger partial charge in [-0.3, -0.25) is 4.98 Å². The second-order valence-electron chi connectivity index (χ2n) is 9.28. The molecule has 1 aliphatic heterocycles. The Balaban J connectivity index is 1.55. The highest BCUT2D eigenvalue weighted by Crippen LogP contribution is 2.43. The minimum atomic E-state index is -0.688. The van der Waals surface area contributed by atoms with E-state index in [2.05, 4.69) is 27.5 Å². The van der Waals surface area contributed by atoms with Gasteiger partial charge in [-0.05, 0) is 45.7 Å². The van der Waals surface area contributed by atoms with E-state index in [1.807, 2.05) is 32.9 Å². The van der Waals surface area contributed by atoms with E-state index >= 15 is 0 Å². The van der Waals surface area contributed by atoms with Crippen molar-refractivity contribution < 1.29 is 19.0 Å². The molecule has 4 heterocycles. The first-order valence-corrected chi connectivity index (χ1v) is 11.5. The van der Waals surface area contributed by atoms with Gasteiger partial charge >= 0.3 is 0 Å².